The fourth-order valence-corrected chi connectivity index (χ4v) is 14.7. The summed E-state index contributed by atoms with van der Waals surface area (Å²) >= 11 is 0. The second-order valence-electron chi connectivity index (χ2n) is 22.7. The summed E-state index contributed by atoms with van der Waals surface area (Å²) in [5, 5.41) is 12.4. The number of anilines is 6. The molecule has 0 N–H and O–H groups in total. The molecule has 0 radical (unpaired) electrons. The van der Waals surface area contributed by atoms with E-state index in [-0.39, 0.29) is 0 Å². The van der Waals surface area contributed by atoms with Gasteiger partial charge in [0.1, 0.15) is 5.58 Å². The Balaban J connectivity index is 0.720. The van der Waals surface area contributed by atoms with E-state index in [0.717, 1.165) is 62.4 Å². The highest BCUT2D eigenvalue weighted by Gasteiger charge is 2.27. The lowest BCUT2D eigenvalue weighted by Gasteiger charge is -2.28. The lowest BCUT2D eigenvalue weighted by Crippen LogP contribution is -2.12. The lowest BCUT2D eigenvalue weighted by molar-refractivity contribution is 0.669. The summed E-state index contributed by atoms with van der Waals surface area (Å²) < 4.78 is 11.7. The van der Waals surface area contributed by atoms with Gasteiger partial charge in [-0.1, -0.05) is 188 Å². The van der Waals surface area contributed by atoms with Gasteiger partial charge in [-0.05, 0) is 136 Å². The summed E-state index contributed by atoms with van der Waals surface area (Å²) in [5.74, 6) is 0. The lowest BCUT2D eigenvalue weighted by atomic mass is 10.0. The van der Waals surface area contributed by atoms with Crippen LogP contribution in [0.4, 0.5) is 34.1 Å². The molecule has 84 heavy (non-hydrogen) atoms. The molecule has 19 rings (SSSR count). The van der Waals surface area contributed by atoms with Gasteiger partial charge in [0.25, 0.3) is 0 Å². The quantitative estimate of drug-likeness (QED) is 0.152. The van der Waals surface area contributed by atoms with Crippen LogP contribution in [0.25, 0.3) is 132 Å². The Bertz CT molecular complexity index is 5700. The minimum atomic E-state index is 0.871. The molecule has 5 heterocycles. The highest BCUT2D eigenvalue weighted by molar-refractivity contribution is 6.29. The molecule has 0 atom stereocenters. The van der Waals surface area contributed by atoms with Crippen LogP contribution in [0.2, 0.25) is 0 Å². The van der Waals surface area contributed by atoms with E-state index < -0.39 is 0 Å². The van der Waals surface area contributed by atoms with Gasteiger partial charge < -0.3 is 23.0 Å². The van der Waals surface area contributed by atoms with Crippen molar-refractivity contribution in [1.82, 2.24) is 8.80 Å². The molecule has 0 aliphatic heterocycles. The van der Waals surface area contributed by atoms with Crippen LogP contribution in [0.5, 0.6) is 0 Å². The predicted molar refractivity (Wildman–Crippen MR) is 352 cm³/mol. The predicted octanol–water partition coefficient (Wildman–Crippen LogP) is 21.7. The van der Waals surface area contributed by atoms with Crippen LogP contribution in [0.3, 0.4) is 0 Å². The summed E-state index contributed by atoms with van der Waals surface area (Å²) in [6.07, 6.45) is 0.919. The molecule has 5 nitrogen and oxygen atoms in total. The van der Waals surface area contributed by atoms with Crippen LogP contribution in [0.1, 0.15) is 11.1 Å². The number of benzene rings is 13. The Morgan fingerprint density at radius 3 is 1.32 bits per heavy atom. The first-order valence-electron chi connectivity index (χ1n) is 29.0. The van der Waals surface area contributed by atoms with Gasteiger partial charge in [-0.25, -0.2) is 0 Å². The third-order valence-electron chi connectivity index (χ3n) is 18.4. The van der Waals surface area contributed by atoms with Crippen LogP contribution in [-0.4, -0.2) is 8.80 Å². The molecule has 390 valence electrons. The molecule has 13 aromatic carbocycles. The molecule has 0 amide bonds. The number of hydrogen-bond acceptors (Lipinski definition) is 3. The summed E-state index contributed by atoms with van der Waals surface area (Å²) in [7, 11) is 0. The van der Waals surface area contributed by atoms with E-state index in [1.165, 1.54) is 121 Å². The topological polar surface area (TPSA) is 28.4 Å². The van der Waals surface area contributed by atoms with Crippen LogP contribution in [0, 0.1) is 0 Å². The van der Waals surface area contributed by atoms with Crippen molar-refractivity contribution in [3.05, 3.63) is 290 Å². The zero-order valence-electron chi connectivity index (χ0n) is 45.5. The van der Waals surface area contributed by atoms with Gasteiger partial charge in [0.15, 0.2) is 5.58 Å². The smallest absolute Gasteiger partial charge is 0.159 e. The number of hydrogen-bond donors (Lipinski definition) is 0. The minimum Gasteiger partial charge on any atom is -0.454 e. The maximum absolute atomic E-state index is 6.60. The average molecular weight is 1070 g/mol. The standard InChI is InChI=1S/C79H48N4O/c1-3-16-53(17-4-1)80(70-28-13-22-58-57-20-8-7-15-52(57)43-67(58)70)55-37-31-48(32-38-55)50-35-41-59-62-23-11-25-64-68-47-75-69(46-74(68)82(77(62)64)72(59)44-50)65-26-12-24-63-60-42-36-51(45-73(60)83(75)78(63)65)49-33-39-56(40-34-49)81(54-18-5-2-6-19-54)71-29-14-27-66-61-21-9-10-30-76(61)84-79(66)71/h1-42,44-47H,43H2. The van der Waals surface area contributed by atoms with E-state index in [4.69, 9.17) is 4.42 Å². The Kier molecular flexibility index (Phi) is 9.33. The molecule has 0 saturated carbocycles. The van der Waals surface area contributed by atoms with Crippen LogP contribution in [0.15, 0.2) is 283 Å². The monoisotopic (exact) mass is 1070 g/mol. The Labute approximate surface area is 482 Å². The fraction of sp³-hybridized carbons (Fsp3) is 0.0127. The number of fused-ring (bicyclic) bond motifs is 18. The number of nitrogens with zero attached hydrogens (tertiary/aromatic N) is 4. The molecule has 1 aliphatic carbocycles. The summed E-state index contributed by atoms with van der Waals surface area (Å²) in [6.45, 7) is 0. The molecule has 0 bridgehead atoms. The third kappa shape index (κ3) is 6.38. The molecular weight excluding hydrogens is 1020 g/mol. The molecule has 1 aliphatic rings. The fourth-order valence-electron chi connectivity index (χ4n) is 14.7. The number of furan rings is 1. The van der Waals surface area contributed by atoms with Crippen molar-refractivity contribution in [2.45, 2.75) is 6.42 Å². The van der Waals surface area contributed by atoms with E-state index in [0.29, 0.717) is 0 Å². The Morgan fingerprint density at radius 1 is 0.286 bits per heavy atom. The number of para-hydroxylation sites is 6. The SMILES string of the molecule is c1ccc(N(c2ccc(-c3ccc4c5cccc6c7cc8c(cc7n(c4c3)c56)c3cccc4c5ccc(-c6ccc(N(c7ccccc7)c7cccc9c7oc7ccccc79)cc6)cc5n8c43)cc2)c2cccc3c2Cc2ccccc2-3)cc1. The molecule has 0 unspecified atom stereocenters. The molecule has 0 fully saturated rings. The molecule has 0 spiro atoms. The van der Waals surface area contributed by atoms with Crippen LogP contribution >= 0.6 is 0 Å². The highest BCUT2D eigenvalue weighted by atomic mass is 16.3. The van der Waals surface area contributed by atoms with E-state index in [2.05, 4.69) is 292 Å². The minimum absolute atomic E-state index is 0.871. The van der Waals surface area contributed by atoms with Gasteiger partial charge in [-0.3, -0.25) is 0 Å². The van der Waals surface area contributed by atoms with Crippen molar-refractivity contribution in [1.29, 1.82) is 0 Å². The Morgan fingerprint density at radius 2 is 0.714 bits per heavy atom. The van der Waals surface area contributed by atoms with Gasteiger partial charge in [-0.15, -0.1) is 0 Å². The molecular formula is C79H48N4O. The van der Waals surface area contributed by atoms with Crippen molar-refractivity contribution in [3.8, 4) is 33.4 Å². The molecule has 0 saturated heterocycles. The van der Waals surface area contributed by atoms with Crippen molar-refractivity contribution >= 4 is 132 Å². The van der Waals surface area contributed by atoms with Gasteiger partial charge in [0.05, 0.1) is 44.5 Å². The first-order chi connectivity index (χ1) is 41.7. The van der Waals surface area contributed by atoms with Crippen molar-refractivity contribution in [2.24, 2.45) is 0 Å². The molecule has 5 heteroatoms. The van der Waals surface area contributed by atoms with Gasteiger partial charge >= 0.3 is 0 Å². The maximum Gasteiger partial charge on any atom is 0.159 e. The van der Waals surface area contributed by atoms with Crippen LogP contribution < -0.4 is 9.80 Å². The maximum atomic E-state index is 6.60. The summed E-state index contributed by atoms with van der Waals surface area (Å²) in [4.78, 5) is 4.74. The summed E-state index contributed by atoms with van der Waals surface area (Å²) in [5.41, 5.74) is 25.9. The van der Waals surface area contributed by atoms with Gasteiger partial charge in [0, 0.05) is 83.0 Å². The van der Waals surface area contributed by atoms with Crippen LogP contribution in [-0.2, 0) is 6.42 Å². The zero-order chi connectivity index (χ0) is 54.7. The van der Waals surface area contributed by atoms with E-state index in [9.17, 15) is 0 Å². The molecule has 18 aromatic rings. The molecule has 5 aromatic heterocycles. The Hall–Kier alpha value is -11.1. The average Bonchev–Trinajstić information content (AvgIpc) is 1.98. The van der Waals surface area contributed by atoms with Crippen molar-refractivity contribution < 1.29 is 4.42 Å². The second-order valence-corrected chi connectivity index (χ2v) is 22.7. The van der Waals surface area contributed by atoms with Crippen molar-refractivity contribution in [3.63, 3.8) is 0 Å². The van der Waals surface area contributed by atoms with Crippen molar-refractivity contribution in [2.75, 3.05) is 9.80 Å². The third-order valence-corrected chi connectivity index (χ3v) is 18.4. The number of aromatic nitrogens is 2. The number of rotatable bonds is 8. The largest absolute Gasteiger partial charge is 0.454 e. The first-order valence-corrected chi connectivity index (χ1v) is 29.0. The normalized spacial score (nSPS) is 12.5. The van der Waals surface area contributed by atoms with E-state index >= 15 is 0 Å². The summed E-state index contributed by atoms with van der Waals surface area (Å²) in [6, 6.07) is 103. The first kappa shape index (κ1) is 45.6. The van der Waals surface area contributed by atoms with E-state index in [1.54, 1.807) is 0 Å². The van der Waals surface area contributed by atoms with Gasteiger partial charge in [-0.2, -0.15) is 0 Å². The highest BCUT2D eigenvalue weighted by Crippen LogP contribution is 2.49. The zero-order valence-corrected chi connectivity index (χ0v) is 45.5. The van der Waals surface area contributed by atoms with Gasteiger partial charge in [0.2, 0.25) is 0 Å². The second kappa shape index (κ2) is 17.2. The van der Waals surface area contributed by atoms with E-state index in [1.807, 2.05) is 6.07 Å².